The molecular weight excluding hydrogens is 275 g/mol. The van der Waals surface area contributed by atoms with Crippen LogP contribution in [0.15, 0.2) is 36.4 Å². The number of hydrogen-bond acceptors (Lipinski definition) is 1. The van der Waals surface area contributed by atoms with Gasteiger partial charge in [-0.3, -0.25) is 4.79 Å². The number of hydrogen-bond donors (Lipinski definition) is 0. The van der Waals surface area contributed by atoms with E-state index in [2.05, 4.69) is 26.0 Å². The summed E-state index contributed by atoms with van der Waals surface area (Å²) >= 11 is 5.69. The first-order valence-electron chi connectivity index (χ1n) is 6.52. The molecule has 1 nitrogen and oxygen atoms in total. The van der Waals surface area contributed by atoms with Gasteiger partial charge in [0.05, 0.1) is 5.02 Å². The Morgan fingerprint density at radius 2 is 1.85 bits per heavy atom. The van der Waals surface area contributed by atoms with Gasteiger partial charge < -0.3 is 0 Å². The fraction of sp³-hybridized carbons (Fsp3) is 0.235. The van der Waals surface area contributed by atoms with Crippen molar-refractivity contribution in [2.75, 3.05) is 0 Å². The predicted octanol–water partition coefficient (Wildman–Crippen LogP) is 4.91. The van der Waals surface area contributed by atoms with Crippen LogP contribution < -0.4 is 0 Å². The quantitative estimate of drug-likeness (QED) is 0.731. The highest BCUT2D eigenvalue weighted by Crippen LogP contribution is 2.18. The zero-order valence-electron chi connectivity index (χ0n) is 11.5. The lowest BCUT2D eigenvalue weighted by molar-refractivity contribution is 0.0983. The first-order chi connectivity index (χ1) is 9.47. The van der Waals surface area contributed by atoms with E-state index in [4.69, 9.17) is 11.6 Å². The molecule has 0 aliphatic rings. The molecule has 0 amide bonds. The highest BCUT2D eigenvalue weighted by Gasteiger charge is 2.09. The number of ketones is 1. The molecule has 0 aliphatic heterocycles. The van der Waals surface area contributed by atoms with E-state index in [9.17, 15) is 9.18 Å². The molecule has 0 unspecified atom stereocenters. The van der Waals surface area contributed by atoms with Crippen molar-refractivity contribution in [1.82, 2.24) is 0 Å². The topological polar surface area (TPSA) is 17.1 Å². The monoisotopic (exact) mass is 290 g/mol. The standard InChI is InChI=1S/C17H16ClFO/c1-11-3-4-13(9-12(11)2)5-8-17(20)14-6-7-16(19)15(18)10-14/h3-4,6-7,9-10H,5,8H2,1-2H3. The smallest absolute Gasteiger partial charge is 0.163 e. The van der Waals surface area contributed by atoms with Crippen molar-refractivity contribution in [2.24, 2.45) is 0 Å². The first kappa shape index (κ1) is 14.7. The maximum absolute atomic E-state index is 13.1. The summed E-state index contributed by atoms with van der Waals surface area (Å²) in [5, 5.41) is -0.0120. The van der Waals surface area contributed by atoms with Gasteiger partial charge in [0, 0.05) is 12.0 Å². The van der Waals surface area contributed by atoms with E-state index < -0.39 is 5.82 Å². The first-order valence-corrected chi connectivity index (χ1v) is 6.89. The lowest BCUT2D eigenvalue weighted by Crippen LogP contribution is -2.02. The minimum Gasteiger partial charge on any atom is -0.294 e. The van der Waals surface area contributed by atoms with E-state index >= 15 is 0 Å². The lowest BCUT2D eigenvalue weighted by atomic mass is 10.00. The fourth-order valence-electron chi connectivity index (χ4n) is 2.03. The summed E-state index contributed by atoms with van der Waals surface area (Å²) < 4.78 is 13.1. The van der Waals surface area contributed by atoms with Crippen LogP contribution in [0.2, 0.25) is 5.02 Å². The lowest BCUT2D eigenvalue weighted by Gasteiger charge is -2.06. The average molecular weight is 291 g/mol. The van der Waals surface area contributed by atoms with Gasteiger partial charge in [-0.15, -0.1) is 0 Å². The van der Waals surface area contributed by atoms with Gasteiger partial charge in [0.2, 0.25) is 0 Å². The van der Waals surface area contributed by atoms with Crippen LogP contribution >= 0.6 is 11.6 Å². The van der Waals surface area contributed by atoms with Crippen molar-refractivity contribution in [3.8, 4) is 0 Å². The summed E-state index contributed by atoms with van der Waals surface area (Å²) in [6.45, 7) is 4.12. The van der Waals surface area contributed by atoms with Gasteiger partial charge in [-0.05, 0) is 55.2 Å². The maximum Gasteiger partial charge on any atom is 0.163 e. The Morgan fingerprint density at radius 1 is 1.10 bits per heavy atom. The van der Waals surface area contributed by atoms with Crippen LogP contribution in [0.4, 0.5) is 4.39 Å². The van der Waals surface area contributed by atoms with Crippen LogP contribution in [0.5, 0.6) is 0 Å². The van der Waals surface area contributed by atoms with Gasteiger partial charge in [0.1, 0.15) is 5.82 Å². The normalized spacial score (nSPS) is 10.6. The number of halogens is 2. The third kappa shape index (κ3) is 3.45. The Balaban J connectivity index is 2.04. The van der Waals surface area contributed by atoms with Gasteiger partial charge >= 0.3 is 0 Å². The van der Waals surface area contributed by atoms with E-state index in [0.717, 1.165) is 5.56 Å². The number of aryl methyl sites for hydroxylation is 3. The SMILES string of the molecule is Cc1ccc(CCC(=O)c2ccc(F)c(Cl)c2)cc1C. The number of rotatable bonds is 4. The molecule has 0 saturated heterocycles. The van der Waals surface area contributed by atoms with Crippen molar-refractivity contribution in [3.05, 3.63) is 69.5 Å². The minimum atomic E-state index is -0.502. The van der Waals surface area contributed by atoms with Crippen LogP contribution in [0.25, 0.3) is 0 Å². The fourth-order valence-corrected chi connectivity index (χ4v) is 2.21. The molecule has 0 radical (unpaired) electrons. The Labute approximate surface area is 123 Å². The molecule has 104 valence electrons. The van der Waals surface area contributed by atoms with Crippen molar-refractivity contribution in [3.63, 3.8) is 0 Å². The Bertz CT molecular complexity index is 649. The summed E-state index contributed by atoms with van der Waals surface area (Å²) in [6, 6.07) is 10.3. The molecule has 0 spiro atoms. The van der Waals surface area contributed by atoms with Crippen LogP contribution in [0, 0.1) is 19.7 Å². The summed E-state index contributed by atoms with van der Waals surface area (Å²) in [5.74, 6) is -0.525. The molecule has 2 aromatic carbocycles. The second kappa shape index (κ2) is 6.19. The number of carbonyl (C=O) groups is 1. The summed E-state index contributed by atoms with van der Waals surface area (Å²) in [4.78, 5) is 12.1. The number of Topliss-reactive ketones (excluding diaryl/α,β-unsaturated/α-hetero) is 1. The molecule has 20 heavy (non-hydrogen) atoms. The molecule has 0 atom stereocenters. The van der Waals surface area contributed by atoms with E-state index in [1.807, 2.05) is 6.07 Å². The van der Waals surface area contributed by atoms with Crippen molar-refractivity contribution in [1.29, 1.82) is 0 Å². The third-order valence-electron chi connectivity index (χ3n) is 3.45. The van der Waals surface area contributed by atoms with Crippen molar-refractivity contribution in [2.45, 2.75) is 26.7 Å². The zero-order valence-corrected chi connectivity index (χ0v) is 12.3. The zero-order chi connectivity index (χ0) is 14.7. The van der Waals surface area contributed by atoms with E-state index in [-0.39, 0.29) is 10.8 Å². The molecule has 0 aromatic heterocycles. The van der Waals surface area contributed by atoms with Gasteiger partial charge in [0.15, 0.2) is 5.78 Å². The molecule has 0 N–H and O–H groups in total. The second-order valence-electron chi connectivity index (χ2n) is 4.97. The molecule has 0 aliphatic carbocycles. The van der Waals surface area contributed by atoms with Crippen molar-refractivity contribution >= 4 is 17.4 Å². The second-order valence-corrected chi connectivity index (χ2v) is 5.38. The number of carbonyl (C=O) groups excluding carboxylic acids is 1. The maximum atomic E-state index is 13.1. The molecule has 2 rings (SSSR count). The number of benzene rings is 2. The van der Waals surface area contributed by atoms with Crippen LogP contribution in [-0.4, -0.2) is 5.78 Å². The molecule has 2 aromatic rings. The summed E-state index contributed by atoms with van der Waals surface area (Å²) in [7, 11) is 0. The van der Waals surface area contributed by atoms with E-state index in [1.165, 1.54) is 29.3 Å². The van der Waals surface area contributed by atoms with Crippen molar-refractivity contribution < 1.29 is 9.18 Å². The molecule has 0 fully saturated rings. The van der Waals surface area contributed by atoms with Gasteiger partial charge in [-0.1, -0.05) is 29.8 Å². The van der Waals surface area contributed by atoms with E-state index in [0.29, 0.717) is 18.4 Å². The highest BCUT2D eigenvalue weighted by atomic mass is 35.5. The Morgan fingerprint density at radius 3 is 2.50 bits per heavy atom. The predicted molar refractivity (Wildman–Crippen MR) is 80.0 cm³/mol. The van der Waals surface area contributed by atoms with Crippen LogP contribution in [0.3, 0.4) is 0 Å². The van der Waals surface area contributed by atoms with Gasteiger partial charge in [0.25, 0.3) is 0 Å². The van der Waals surface area contributed by atoms with Gasteiger partial charge in [-0.2, -0.15) is 0 Å². The molecule has 3 heteroatoms. The van der Waals surface area contributed by atoms with Crippen LogP contribution in [-0.2, 0) is 6.42 Å². The minimum absolute atomic E-state index is 0.0120. The van der Waals surface area contributed by atoms with Crippen LogP contribution in [0.1, 0.15) is 33.5 Å². The average Bonchev–Trinajstić information content (AvgIpc) is 2.43. The van der Waals surface area contributed by atoms with E-state index in [1.54, 1.807) is 0 Å². The van der Waals surface area contributed by atoms with Gasteiger partial charge in [-0.25, -0.2) is 4.39 Å². The molecular formula is C17H16ClFO. The molecule has 0 bridgehead atoms. The third-order valence-corrected chi connectivity index (χ3v) is 3.74. The summed E-state index contributed by atoms with van der Waals surface area (Å²) in [5.41, 5.74) is 4.06. The molecule has 0 heterocycles. The highest BCUT2D eigenvalue weighted by molar-refractivity contribution is 6.31. The Kier molecular flexibility index (Phi) is 4.56. The largest absolute Gasteiger partial charge is 0.294 e. The molecule has 0 saturated carbocycles. The summed E-state index contributed by atoms with van der Waals surface area (Å²) in [6.07, 6.45) is 1.07. The Hall–Kier alpha value is -1.67.